The minimum Gasteiger partial charge on any atom is -0.348 e. The van der Waals surface area contributed by atoms with Gasteiger partial charge < -0.3 is 20.4 Å². The molecule has 2 aromatic rings. The zero-order chi connectivity index (χ0) is 25.3. The first-order valence-corrected chi connectivity index (χ1v) is 13.2. The number of anilines is 1. The third-order valence-electron chi connectivity index (χ3n) is 6.07. The minimum absolute atomic E-state index is 0.0173. The van der Waals surface area contributed by atoms with E-state index < -0.39 is 0 Å². The van der Waals surface area contributed by atoms with Crippen LogP contribution >= 0.6 is 11.3 Å². The summed E-state index contributed by atoms with van der Waals surface area (Å²) in [6.45, 7) is 17.8. The summed E-state index contributed by atoms with van der Waals surface area (Å²) >= 11 is 1.41. The number of hydrogen-bond donors (Lipinski definition) is 2. The van der Waals surface area contributed by atoms with Crippen LogP contribution in [0.15, 0.2) is 23.6 Å². The zero-order valence-electron chi connectivity index (χ0n) is 21.8. The second-order valence-corrected chi connectivity index (χ2v) is 10.0. The molecule has 0 saturated heterocycles. The Kier molecular flexibility index (Phi) is 11.0. The second kappa shape index (κ2) is 13.4. The van der Waals surface area contributed by atoms with Crippen LogP contribution < -0.4 is 10.6 Å². The topological polar surface area (TPSA) is 77.6 Å². The average Bonchev–Trinajstić information content (AvgIpc) is 3.26. The van der Waals surface area contributed by atoms with Gasteiger partial charge in [-0.1, -0.05) is 32.0 Å². The lowest BCUT2D eigenvalue weighted by atomic mass is 10.1. The van der Waals surface area contributed by atoms with E-state index in [1.165, 1.54) is 11.3 Å². The van der Waals surface area contributed by atoms with Gasteiger partial charge >= 0.3 is 6.03 Å². The predicted octanol–water partition coefficient (Wildman–Crippen LogP) is 5.44. The Morgan fingerprint density at radius 1 is 1.09 bits per heavy atom. The molecule has 0 aliphatic rings. The maximum absolute atomic E-state index is 13.0. The maximum atomic E-state index is 13.0. The number of amides is 3. The third kappa shape index (κ3) is 8.09. The van der Waals surface area contributed by atoms with Gasteiger partial charge in [0.25, 0.3) is 5.91 Å². The normalized spacial score (nSPS) is 12.1. The molecule has 8 heteroatoms. The fraction of sp³-hybridized carbons (Fsp3) is 0.577. The van der Waals surface area contributed by atoms with Crippen molar-refractivity contribution < 1.29 is 9.59 Å². The molecule has 0 aliphatic carbocycles. The molecule has 0 bridgehead atoms. The van der Waals surface area contributed by atoms with Crippen LogP contribution in [0.3, 0.4) is 0 Å². The molecule has 3 amide bonds. The number of aryl methyl sites for hydroxylation is 2. The van der Waals surface area contributed by atoms with E-state index >= 15 is 0 Å². The predicted molar refractivity (Wildman–Crippen MR) is 142 cm³/mol. The number of nitrogens with zero attached hydrogens (tertiary/aromatic N) is 3. The van der Waals surface area contributed by atoms with Gasteiger partial charge in [0.15, 0.2) is 0 Å². The Bertz CT molecular complexity index is 919. The van der Waals surface area contributed by atoms with E-state index in [9.17, 15) is 9.59 Å². The lowest BCUT2D eigenvalue weighted by Gasteiger charge is -2.27. The third-order valence-corrected chi connectivity index (χ3v) is 6.90. The zero-order valence-corrected chi connectivity index (χ0v) is 22.6. The molecule has 1 aromatic heterocycles. The van der Waals surface area contributed by atoms with E-state index in [0.717, 1.165) is 54.3 Å². The Labute approximate surface area is 208 Å². The van der Waals surface area contributed by atoms with Gasteiger partial charge in [-0.25, -0.2) is 9.78 Å². The molecule has 188 valence electrons. The van der Waals surface area contributed by atoms with Crippen LogP contribution in [-0.2, 0) is 6.54 Å². The monoisotopic (exact) mass is 487 g/mol. The van der Waals surface area contributed by atoms with Crippen LogP contribution in [0.2, 0.25) is 0 Å². The molecule has 2 rings (SSSR count). The van der Waals surface area contributed by atoms with Crippen molar-refractivity contribution in [3.63, 3.8) is 0 Å². The van der Waals surface area contributed by atoms with Crippen molar-refractivity contribution in [3.8, 4) is 0 Å². The number of aromatic nitrogens is 1. The smallest absolute Gasteiger partial charge is 0.322 e. The van der Waals surface area contributed by atoms with Gasteiger partial charge in [-0.2, -0.15) is 0 Å². The molecule has 1 atom stereocenters. The number of hydrogen-bond acceptors (Lipinski definition) is 5. The molecule has 0 fully saturated rings. The summed E-state index contributed by atoms with van der Waals surface area (Å²) in [6.07, 6.45) is 1.98. The van der Waals surface area contributed by atoms with Gasteiger partial charge in [-0.05, 0) is 78.2 Å². The van der Waals surface area contributed by atoms with Crippen molar-refractivity contribution in [3.05, 3.63) is 45.4 Å². The van der Waals surface area contributed by atoms with E-state index in [4.69, 9.17) is 0 Å². The quantitative estimate of drug-likeness (QED) is 0.418. The highest BCUT2D eigenvalue weighted by molar-refractivity contribution is 7.09. The van der Waals surface area contributed by atoms with Crippen LogP contribution in [0.4, 0.5) is 10.5 Å². The molecular formula is C26H41N5O2S. The summed E-state index contributed by atoms with van der Waals surface area (Å²) in [4.78, 5) is 34.4. The van der Waals surface area contributed by atoms with E-state index in [0.29, 0.717) is 12.2 Å². The number of carbonyl (C=O) groups excluding carboxylic acids is 2. The molecule has 1 heterocycles. The highest BCUT2D eigenvalue weighted by atomic mass is 32.1. The van der Waals surface area contributed by atoms with Crippen molar-refractivity contribution in [2.24, 2.45) is 0 Å². The fourth-order valence-corrected chi connectivity index (χ4v) is 4.62. The van der Waals surface area contributed by atoms with Gasteiger partial charge in [0, 0.05) is 23.2 Å². The molecule has 0 aliphatic heterocycles. The lowest BCUT2D eigenvalue weighted by molar-refractivity contribution is 0.0932. The van der Waals surface area contributed by atoms with Crippen molar-refractivity contribution in [2.45, 2.75) is 79.9 Å². The summed E-state index contributed by atoms with van der Waals surface area (Å²) in [7, 11) is 0. The summed E-state index contributed by atoms with van der Waals surface area (Å²) in [6, 6.07) is 5.85. The largest absolute Gasteiger partial charge is 0.348 e. The van der Waals surface area contributed by atoms with Crippen molar-refractivity contribution >= 4 is 29.0 Å². The number of urea groups is 1. The van der Waals surface area contributed by atoms with Crippen LogP contribution in [-0.4, -0.2) is 58.4 Å². The SMILES string of the molecule is CCN(CC)CCCC(C)NC(=O)c1csc(CN(C(=O)Nc2c(C)cccc2C)C(C)C)n1. The lowest BCUT2D eigenvalue weighted by Crippen LogP contribution is -2.39. The van der Waals surface area contributed by atoms with Crippen molar-refractivity contribution in [2.75, 3.05) is 25.0 Å². The Hall–Kier alpha value is -2.45. The number of para-hydroxylation sites is 1. The number of benzene rings is 1. The van der Waals surface area contributed by atoms with Crippen molar-refractivity contribution in [1.29, 1.82) is 0 Å². The number of nitrogens with one attached hydrogen (secondary N) is 2. The van der Waals surface area contributed by atoms with E-state index in [1.807, 2.05) is 52.8 Å². The standard InChI is InChI=1S/C26H41N5O2S/c1-8-30(9-2)15-11-14-21(7)27-25(32)22-17-34-23(28-22)16-31(18(3)4)26(33)29-24-19(5)12-10-13-20(24)6/h10,12-13,17-18,21H,8-9,11,14-16H2,1-7H3,(H,27,32)(H,29,33). The minimum atomic E-state index is -0.171. The molecule has 2 N–H and O–H groups in total. The van der Waals surface area contributed by atoms with Gasteiger partial charge in [-0.3, -0.25) is 4.79 Å². The van der Waals surface area contributed by atoms with Gasteiger partial charge in [0.1, 0.15) is 10.7 Å². The average molecular weight is 488 g/mol. The first kappa shape index (κ1) is 27.8. The van der Waals surface area contributed by atoms with Gasteiger partial charge in [0.05, 0.1) is 6.54 Å². The van der Waals surface area contributed by atoms with Crippen LogP contribution in [0.1, 0.15) is 74.1 Å². The van der Waals surface area contributed by atoms with E-state index in [1.54, 1.807) is 10.3 Å². The molecule has 34 heavy (non-hydrogen) atoms. The number of carbonyl (C=O) groups is 2. The Morgan fingerprint density at radius 3 is 2.32 bits per heavy atom. The molecular weight excluding hydrogens is 446 g/mol. The second-order valence-electron chi connectivity index (χ2n) is 9.09. The summed E-state index contributed by atoms with van der Waals surface area (Å²) in [5.41, 5.74) is 3.30. The van der Waals surface area contributed by atoms with Crippen LogP contribution in [0.25, 0.3) is 0 Å². The Morgan fingerprint density at radius 2 is 1.74 bits per heavy atom. The first-order chi connectivity index (χ1) is 16.2. The molecule has 1 unspecified atom stereocenters. The molecule has 7 nitrogen and oxygen atoms in total. The number of thiazole rings is 1. The molecule has 0 saturated carbocycles. The highest BCUT2D eigenvalue weighted by Gasteiger charge is 2.21. The fourth-order valence-electron chi connectivity index (χ4n) is 3.84. The maximum Gasteiger partial charge on any atom is 0.322 e. The summed E-state index contributed by atoms with van der Waals surface area (Å²) < 4.78 is 0. The van der Waals surface area contributed by atoms with E-state index in [-0.39, 0.29) is 24.0 Å². The number of rotatable bonds is 12. The van der Waals surface area contributed by atoms with Gasteiger partial charge in [0.2, 0.25) is 0 Å². The molecule has 0 spiro atoms. The first-order valence-electron chi connectivity index (χ1n) is 12.3. The molecule has 1 aromatic carbocycles. The summed E-state index contributed by atoms with van der Waals surface area (Å²) in [5, 5.41) is 8.62. The summed E-state index contributed by atoms with van der Waals surface area (Å²) in [5.74, 6) is -0.158. The van der Waals surface area contributed by atoms with Gasteiger partial charge in [-0.15, -0.1) is 11.3 Å². The van der Waals surface area contributed by atoms with Crippen LogP contribution in [0, 0.1) is 13.8 Å². The van der Waals surface area contributed by atoms with Crippen LogP contribution in [0.5, 0.6) is 0 Å². The molecule has 0 radical (unpaired) electrons. The van der Waals surface area contributed by atoms with E-state index in [2.05, 4.69) is 34.4 Å². The highest BCUT2D eigenvalue weighted by Crippen LogP contribution is 2.21. The van der Waals surface area contributed by atoms with Crippen molar-refractivity contribution in [1.82, 2.24) is 20.1 Å². The Balaban J connectivity index is 1.95.